The van der Waals surface area contributed by atoms with Gasteiger partial charge < -0.3 is 14.3 Å². The van der Waals surface area contributed by atoms with E-state index in [0.717, 1.165) is 0 Å². The third-order valence-electron chi connectivity index (χ3n) is 2.52. The fraction of sp³-hybridized carbons (Fsp3) is 0.545. The number of rotatable bonds is 6. The van der Waals surface area contributed by atoms with Gasteiger partial charge >= 0.3 is 11.8 Å². The van der Waals surface area contributed by atoms with E-state index in [9.17, 15) is 4.79 Å². The Bertz CT molecular complexity index is 578. The van der Waals surface area contributed by atoms with Crippen LogP contribution in [-0.2, 0) is 19.5 Å². The zero-order valence-corrected chi connectivity index (χ0v) is 11.6. The Labute approximate surface area is 115 Å². The Morgan fingerprint density at radius 3 is 2.70 bits per heavy atom. The second-order valence-corrected chi connectivity index (χ2v) is 4.21. The normalized spacial score (nSPS) is 11.0. The van der Waals surface area contributed by atoms with Crippen LogP contribution in [0.3, 0.4) is 0 Å². The van der Waals surface area contributed by atoms with Crippen molar-refractivity contribution < 1.29 is 13.7 Å². The van der Waals surface area contributed by atoms with E-state index in [-0.39, 0.29) is 5.89 Å². The van der Waals surface area contributed by atoms with Crippen molar-refractivity contribution in [3.63, 3.8) is 0 Å². The number of hydrogen-bond donors (Lipinski definition) is 1. The fourth-order valence-corrected chi connectivity index (χ4v) is 1.54. The first-order valence-corrected chi connectivity index (χ1v) is 6.16. The summed E-state index contributed by atoms with van der Waals surface area (Å²) in [5.41, 5.74) is 0. The summed E-state index contributed by atoms with van der Waals surface area (Å²) >= 11 is 0. The first-order valence-electron chi connectivity index (χ1n) is 6.16. The molecule has 9 heteroatoms. The predicted octanol–water partition coefficient (Wildman–Crippen LogP) is 0.00660. The highest BCUT2D eigenvalue weighted by Gasteiger charge is 2.15. The lowest BCUT2D eigenvalue weighted by Crippen LogP contribution is -2.20. The van der Waals surface area contributed by atoms with E-state index in [2.05, 4.69) is 25.7 Å². The predicted molar refractivity (Wildman–Crippen MR) is 66.5 cm³/mol. The van der Waals surface area contributed by atoms with Gasteiger partial charge in [-0.1, -0.05) is 12.1 Å². The smallest absolute Gasteiger partial charge is 0.315 e. The summed E-state index contributed by atoms with van der Waals surface area (Å²) in [5.74, 6) is 1.09. The Morgan fingerprint density at radius 1 is 1.30 bits per heavy atom. The van der Waals surface area contributed by atoms with Crippen molar-refractivity contribution in [1.29, 1.82) is 0 Å². The van der Waals surface area contributed by atoms with Crippen LogP contribution in [0.15, 0.2) is 8.94 Å². The van der Waals surface area contributed by atoms with E-state index in [4.69, 9.17) is 8.94 Å². The van der Waals surface area contributed by atoms with E-state index in [1.807, 2.05) is 18.9 Å². The molecule has 2 heterocycles. The van der Waals surface area contributed by atoms with Crippen LogP contribution in [0.4, 0.5) is 0 Å². The lowest BCUT2D eigenvalue weighted by Gasteiger charge is -2.10. The maximum Gasteiger partial charge on any atom is 0.315 e. The summed E-state index contributed by atoms with van der Waals surface area (Å²) < 4.78 is 10.2. The van der Waals surface area contributed by atoms with E-state index >= 15 is 0 Å². The molecule has 0 unspecified atom stereocenters. The number of nitrogens with one attached hydrogen (secondary N) is 1. The van der Waals surface area contributed by atoms with Crippen LogP contribution in [0.5, 0.6) is 0 Å². The number of carbonyl (C=O) groups is 1. The van der Waals surface area contributed by atoms with Crippen molar-refractivity contribution >= 4 is 5.91 Å². The molecule has 0 radical (unpaired) electrons. The van der Waals surface area contributed by atoms with Gasteiger partial charge in [0.05, 0.1) is 13.1 Å². The van der Waals surface area contributed by atoms with Crippen molar-refractivity contribution in [2.45, 2.75) is 26.4 Å². The van der Waals surface area contributed by atoms with E-state index < -0.39 is 5.91 Å². The molecule has 2 aromatic heterocycles. The number of carbonyl (C=O) groups excluding carboxylic acids is 1. The van der Waals surface area contributed by atoms with Gasteiger partial charge in [0, 0.05) is 13.5 Å². The summed E-state index contributed by atoms with van der Waals surface area (Å²) in [6.07, 6.45) is 0.705. The topological polar surface area (TPSA) is 110 Å². The monoisotopic (exact) mass is 280 g/mol. The molecule has 0 fully saturated rings. The second kappa shape index (κ2) is 6.24. The van der Waals surface area contributed by atoms with Crippen molar-refractivity contribution in [3.05, 3.63) is 23.5 Å². The Balaban J connectivity index is 1.92. The maximum absolute atomic E-state index is 11.3. The minimum absolute atomic E-state index is 0.0537. The average Bonchev–Trinajstić information content (AvgIpc) is 3.07. The Kier molecular flexibility index (Phi) is 4.41. The number of hydrogen-bond acceptors (Lipinski definition) is 8. The third-order valence-corrected chi connectivity index (χ3v) is 2.52. The molecule has 0 atom stereocenters. The molecular weight excluding hydrogens is 264 g/mol. The van der Waals surface area contributed by atoms with Gasteiger partial charge in [0.25, 0.3) is 0 Å². The Morgan fingerprint density at radius 2 is 2.05 bits per heavy atom. The minimum atomic E-state index is -0.407. The van der Waals surface area contributed by atoms with Crippen LogP contribution in [0.25, 0.3) is 0 Å². The van der Waals surface area contributed by atoms with Gasteiger partial charge in [0.15, 0.2) is 5.82 Å². The molecule has 0 spiro atoms. The van der Waals surface area contributed by atoms with Gasteiger partial charge in [0.2, 0.25) is 11.8 Å². The number of aryl methyl sites for hydroxylation is 1. The largest absolute Gasteiger partial charge is 0.424 e. The zero-order valence-electron chi connectivity index (χ0n) is 11.6. The zero-order chi connectivity index (χ0) is 14.5. The highest BCUT2D eigenvalue weighted by molar-refractivity contribution is 5.89. The molecule has 2 aromatic rings. The molecule has 0 aliphatic rings. The Hall–Kier alpha value is -2.29. The molecule has 0 aromatic carbocycles. The molecule has 20 heavy (non-hydrogen) atoms. The summed E-state index contributed by atoms with van der Waals surface area (Å²) in [7, 11) is 3.35. The maximum atomic E-state index is 11.3. The molecule has 108 valence electrons. The van der Waals surface area contributed by atoms with Gasteiger partial charge in [-0.2, -0.15) is 4.98 Å². The van der Waals surface area contributed by atoms with Crippen molar-refractivity contribution in [3.8, 4) is 0 Å². The second-order valence-electron chi connectivity index (χ2n) is 4.21. The molecule has 0 aliphatic carbocycles. The van der Waals surface area contributed by atoms with E-state index in [1.165, 1.54) is 7.05 Å². The molecule has 1 N–H and O–H groups in total. The van der Waals surface area contributed by atoms with Gasteiger partial charge in [-0.3, -0.25) is 9.69 Å². The van der Waals surface area contributed by atoms with Gasteiger partial charge in [-0.25, -0.2) is 0 Å². The van der Waals surface area contributed by atoms with Crippen molar-refractivity contribution in [1.82, 2.24) is 30.6 Å². The van der Waals surface area contributed by atoms with Crippen LogP contribution in [0, 0.1) is 0 Å². The lowest BCUT2D eigenvalue weighted by atomic mass is 10.5. The van der Waals surface area contributed by atoms with Gasteiger partial charge in [-0.15, -0.1) is 10.2 Å². The number of amides is 1. The quantitative estimate of drug-likeness (QED) is 0.787. The van der Waals surface area contributed by atoms with Crippen LogP contribution >= 0.6 is 0 Å². The molecule has 0 saturated carbocycles. The van der Waals surface area contributed by atoms with Crippen LogP contribution in [0.2, 0.25) is 0 Å². The summed E-state index contributed by atoms with van der Waals surface area (Å²) in [5, 5.41) is 14.0. The van der Waals surface area contributed by atoms with Gasteiger partial charge in [-0.05, 0) is 7.05 Å². The molecule has 1 amide bonds. The molecular formula is C11H16N6O3. The van der Waals surface area contributed by atoms with Crippen molar-refractivity contribution in [2.75, 3.05) is 14.1 Å². The van der Waals surface area contributed by atoms with Gasteiger partial charge in [0.1, 0.15) is 0 Å². The minimum Gasteiger partial charge on any atom is -0.424 e. The fourth-order valence-electron chi connectivity index (χ4n) is 1.54. The number of aromatic nitrogens is 4. The van der Waals surface area contributed by atoms with E-state index in [0.29, 0.717) is 37.1 Å². The summed E-state index contributed by atoms with van der Waals surface area (Å²) in [4.78, 5) is 17.2. The molecule has 2 rings (SSSR count). The third kappa shape index (κ3) is 3.38. The van der Waals surface area contributed by atoms with Crippen LogP contribution in [-0.4, -0.2) is 45.2 Å². The van der Waals surface area contributed by atoms with Crippen LogP contribution in [0.1, 0.15) is 35.2 Å². The van der Waals surface area contributed by atoms with Crippen LogP contribution < -0.4 is 5.32 Å². The first kappa shape index (κ1) is 14.1. The lowest BCUT2D eigenvalue weighted by molar-refractivity contribution is 0.0919. The SMILES string of the molecule is CCc1nnc(CN(C)Cc2noc(C(=O)NC)n2)o1. The summed E-state index contributed by atoms with van der Waals surface area (Å²) in [6, 6.07) is 0. The highest BCUT2D eigenvalue weighted by Crippen LogP contribution is 2.06. The van der Waals surface area contributed by atoms with Crippen molar-refractivity contribution in [2.24, 2.45) is 0 Å². The van der Waals surface area contributed by atoms with E-state index in [1.54, 1.807) is 0 Å². The molecule has 0 bridgehead atoms. The summed E-state index contributed by atoms with van der Waals surface area (Å²) in [6.45, 7) is 2.82. The molecule has 9 nitrogen and oxygen atoms in total. The number of nitrogens with zero attached hydrogens (tertiary/aromatic N) is 5. The first-order chi connectivity index (χ1) is 9.62. The molecule has 0 saturated heterocycles. The average molecular weight is 280 g/mol. The standard InChI is InChI=1S/C11H16N6O3/c1-4-8-14-15-9(19-8)6-17(3)5-7-13-11(20-16-7)10(18)12-2/h4-6H2,1-3H3,(H,12,18). The highest BCUT2D eigenvalue weighted by atomic mass is 16.5. The molecule has 0 aliphatic heterocycles.